The molecule has 0 spiro atoms. The predicted octanol–water partition coefficient (Wildman–Crippen LogP) is 2.44. The molecule has 0 bridgehead atoms. The van der Waals surface area contributed by atoms with Gasteiger partial charge in [0, 0.05) is 19.3 Å². The van der Waals surface area contributed by atoms with E-state index in [0.717, 1.165) is 5.56 Å². The van der Waals surface area contributed by atoms with Crippen molar-refractivity contribution in [3.05, 3.63) is 35.4 Å². The molecule has 0 aliphatic heterocycles. The maximum atomic E-state index is 12.0. The van der Waals surface area contributed by atoms with Gasteiger partial charge in [0.1, 0.15) is 5.75 Å². The minimum absolute atomic E-state index is 0.0172. The van der Waals surface area contributed by atoms with E-state index < -0.39 is 15.6 Å². The lowest BCUT2D eigenvalue weighted by Gasteiger charge is -2.07. The van der Waals surface area contributed by atoms with Gasteiger partial charge in [0.05, 0.1) is 5.75 Å². The van der Waals surface area contributed by atoms with Crippen LogP contribution in [0, 0.1) is 0 Å². The highest BCUT2D eigenvalue weighted by atomic mass is 32.2. The summed E-state index contributed by atoms with van der Waals surface area (Å²) in [5.41, 5.74) is 1.58. The summed E-state index contributed by atoms with van der Waals surface area (Å²) >= 11 is 0. The second-order valence-electron chi connectivity index (χ2n) is 5.14. The SMILES string of the molecule is COCCCS(=O)(=O)CC(=O)c1ccc(C(C)C)cc1. The van der Waals surface area contributed by atoms with E-state index >= 15 is 0 Å². The molecule has 0 aliphatic carbocycles. The van der Waals surface area contributed by atoms with Crippen molar-refractivity contribution in [2.75, 3.05) is 25.2 Å². The summed E-state index contributed by atoms with van der Waals surface area (Å²) in [6.45, 7) is 4.52. The summed E-state index contributed by atoms with van der Waals surface area (Å²) in [5.74, 6) is -0.413. The molecule has 0 N–H and O–H groups in total. The summed E-state index contributed by atoms with van der Waals surface area (Å²) in [6.07, 6.45) is 0.415. The van der Waals surface area contributed by atoms with Crippen LogP contribution in [0.2, 0.25) is 0 Å². The zero-order valence-corrected chi connectivity index (χ0v) is 13.1. The van der Waals surface area contributed by atoms with Gasteiger partial charge >= 0.3 is 0 Å². The van der Waals surface area contributed by atoms with Gasteiger partial charge in [-0.2, -0.15) is 0 Å². The first-order valence-electron chi connectivity index (χ1n) is 6.68. The molecule has 20 heavy (non-hydrogen) atoms. The van der Waals surface area contributed by atoms with Crippen LogP contribution in [0.15, 0.2) is 24.3 Å². The average molecular weight is 298 g/mol. The molecule has 1 aromatic carbocycles. The van der Waals surface area contributed by atoms with Crippen molar-refractivity contribution >= 4 is 15.6 Å². The van der Waals surface area contributed by atoms with Crippen molar-refractivity contribution in [3.8, 4) is 0 Å². The van der Waals surface area contributed by atoms with Crippen LogP contribution in [0.3, 0.4) is 0 Å². The lowest BCUT2D eigenvalue weighted by atomic mass is 10.0. The molecule has 1 rings (SSSR count). The minimum Gasteiger partial charge on any atom is -0.385 e. The van der Waals surface area contributed by atoms with Gasteiger partial charge in [-0.15, -0.1) is 0 Å². The summed E-state index contributed by atoms with van der Waals surface area (Å²) in [7, 11) is -1.84. The molecule has 4 nitrogen and oxygen atoms in total. The van der Waals surface area contributed by atoms with Gasteiger partial charge in [0.15, 0.2) is 15.6 Å². The Kier molecular flexibility index (Phi) is 6.36. The summed E-state index contributed by atoms with van der Waals surface area (Å²) in [4.78, 5) is 12.0. The van der Waals surface area contributed by atoms with Crippen molar-refractivity contribution in [2.45, 2.75) is 26.2 Å². The highest BCUT2D eigenvalue weighted by Gasteiger charge is 2.17. The molecule has 0 aliphatic rings. The molecule has 0 atom stereocenters. The van der Waals surface area contributed by atoms with Gasteiger partial charge in [0.2, 0.25) is 0 Å². The Morgan fingerprint density at radius 3 is 2.30 bits per heavy atom. The quantitative estimate of drug-likeness (QED) is 0.546. The number of ketones is 1. The van der Waals surface area contributed by atoms with Crippen LogP contribution in [0.5, 0.6) is 0 Å². The molecule has 0 saturated heterocycles. The van der Waals surface area contributed by atoms with E-state index in [2.05, 4.69) is 13.8 Å². The van der Waals surface area contributed by atoms with E-state index in [1.807, 2.05) is 12.1 Å². The third-order valence-electron chi connectivity index (χ3n) is 3.05. The highest BCUT2D eigenvalue weighted by molar-refractivity contribution is 7.92. The first kappa shape index (κ1) is 16.9. The molecule has 112 valence electrons. The Hall–Kier alpha value is -1.20. The topological polar surface area (TPSA) is 60.4 Å². The second kappa shape index (κ2) is 7.55. The number of ether oxygens (including phenoxy) is 1. The third-order valence-corrected chi connectivity index (χ3v) is 4.67. The minimum atomic E-state index is -3.36. The maximum absolute atomic E-state index is 12.0. The number of benzene rings is 1. The number of carbonyl (C=O) groups is 1. The molecule has 1 aromatic rings. The van der Waals surface area contributed by atoms with Gasteiger partial charge in [-0.3, -0.25) is 4.79 Å². The molecule has 0 fully saturated rings. The van der Waals surface area contributed by atoms with Crippen LogP contribution < -0.4 is 0 Å². The van der Waals surface area contributed by atoms with E-state index in [9.17, 15) is 13.2 Å². The molecule has 0 radical (unpaired) electrons. The molecule has 0 heterocycles. The molecule has 0 saturated carbocycles. The summed E-state index contributed by atoms with van der Waals surface area (Å²) in [6, 6.07) is 7.13. The van der Waals surface area contributed by atoms with Crippen molar-refractivity contribution in [2.24, 2.45) is 0 Å². The normalized spacial score (nSPS) is 11.8. The van der Waals surface area contributed by atoms with Gasteiger partial charge in [-0.25, -0.2) is 8.42 Å². The van der Waals surface area contributed by atoms with Crippen LogP contribution in [0.25, 0.3) is 0 Å². The molecular formula is C15H22O4S. The van der Waals surface area contributed by atoms with E-state index in [0.29, 0.717) is 24.5 Å². The monoisotopic (exact) mass is 298 g/mol. The van der Waals surface area contributed by atoms with Crippen molar-refractivity contribution in [3.63, 3.8) is 0 Å². The highest BCUT2D eigenvalue weighted by Crippen LogP contribution is 2.15. The predicted molar refractivity (Wildman–Crippen MR) is 80.0 cm³/mol. The number of methoxy groups -OCH3 is 1. The number of rotatable bonds is 8. The first-order valence-corrected chi connectivity index (χ1v) is 8.50. The number of Topliss-reactive ketones (excluding diaryl/α,β-unsaturated/α-hetero) is 1. The lowest BCUT2D eigenvalue weighted by molar-refractivity contribution is 0.102. The summed E-state index contributed by atoms with van der Waals surface area (Å²) < 4.78 is 28.4. The standard InChI is InChI=1S/C15H22O4S/c1-12(2)13-5-7-14(8-6-13)15(16)11-20(17,18)10-4-9-19-3/h5-8,12H,4,9-11H2,1-3H3. The van der Waals surface area contributed by atoms with Crippen molar-refractivity contribution in [1.29, 1.82) is 0 Å². The number of carbonyl (C=O) groups excluding carboxylic acids is 1. The maximum Gasteiger partial charge on any atom is 0.177 e. The van der Waals surface area contributed by atoms with Crippen LogP contribution >= 0.6 is 0 Å². The van der Waals surface area contributed by atoms with Crippen LogP contribution in [-0.4, -0.2) is 39.4 Å². The van der Waals surface area contributed by atoms with Crippen LogP contribution in [0.1, 0.15) is 42.1 Å². The van der Waals surface area contributed by atoms with Crippen LogP contribution in [-0.2, 0) is 14.6 Å². The molecule has 5 heteroatoms. The van der Waals surface area contributed by atoms with Crippen molar-refractivity contribution < 1.29 is 17.9 Å². The smallest absolute Gasteiger partial charge is 0.177 e. The van der Waals surface area contributed by atoms with Crippen LogP contribution in [0.4, 0.5) is 0 Å². The number of hydrogen-bond acceptors (Lipinski definition) is 4. The van der Waals surface area contributed by atoms with Crippen molar-refractivity contribution in [1.82, 2.24) is 0 Å². The Morgan fingerprint density at radius 1 is 1.20 bits per heavy atom. The Balaban J connectivity index is 2.66. The average Bonchev–Trinajstić information content (AvgIpc) is 2.38. The summed E-state index contributed by atoms with van der Waals surface area (Å²) in [5, 5.41) is 0. The zero-order chi connectivity index (χ0) is 15.2. The molecule has 0 amide bonds. The third kappa shape index (κ3) is 5.43. The second-order valence-corrected chi connectivity index (χ2v) is 7.32. The fraction of sp³-hybridized carbons (Fsp3) is 0.533. The fourth-order valence-corrected chi connectivity index (χ4v) is 3.10. The van der Waals surface area contributed by atoms with E-state index in [4.69, 9.17) is 4.74 Å². The van der Waals surface area contributed by atoms with E-state index in [1.54, 1.807) is 12.1 Å². The Bertz CT molecular complexity index is 529. The van der Waals surface area contributed by atoms with Gasteiger partial charge in [-0.1, -0.05) is 38.1 Å². The van der Waals surface area contributed by atoms with Gasteiger partial charge < -0.3 is 4.74 Å². The van der Waals surface area contributed by atoms with E-state index in [1.165, 1.54) is 7.11 Å². The molecule has 0 aromatic heterocycles. The van der Waals surface area contributed by atoms with E-state index in [-0.39, 0.29) is 11.5 Å². The zero-order valence-electron chi connectivity index (χ0n) is 12.3. The van der Waals surface area contributed by atoms with Gasteiger partial charge in [-0.05, 0) is 17.9 Å². The first-order chi connectivity index (χ1) is 9.35. The molecular weight excluding hydrogens is 276 g/mol. The Morgan fingerprint density at radius 2 is 1.80 bits per heavy atom. The number of hydrogen-bond donors (Lipinski definition) is 0. The lowest BCUT2D eigenvalue weighted by Crippen LogP contribution is -2.19. The fourth-order valence-electron chi connectivity index (χ4n) is 1.83. The number of sulfone groups is 1. The molecule has 0 unspecified atom stereocenters. The largest absolute Gasteiger partial charge is 0.385 e. The van der Waals surface area contributed by atoms with Gasteiger partial charge in [0.25, 0.3) is 0 Å². The Labute approximate surface area is 121 Å².